The summed E-state index contributed by atoms with van der Waals surface area (Å²) in [6, 6.07) is 0. The van der Waals surface area contributed by atoms with Crippen LogP contribution in [0.5, 0.6) is 0 Å². The van der Waals surface area contributed by atoms with Crippen molar-refractivity contribution >= 4 is 0 Å². The van der Waals surface area contributed by atoms with Crippen molar-refractivity contribution in [3.63, 3.8) is 0 Å². The topological polar surface area (TPSA) is 6.48 Å². The Balaban J connectivity index is 1.97. The lowest BCUT2D eigenvalue weighted by Crippen LogP contribution is -2.46. The molecule has 0 bridgehead atoms. The van der Waals surface area contributed by atoms with Gasteiger partial charge in [-0.05, 0) is 37.8 Å². The van der Waals surface area contributed by atoms with E-state index in [4.69, 9.17) is 0 Å². The lowest BCUT2D eigenvalue weighted by Gasteiger charge is -2.34. The van der Waals surface area contributed by atoms with Crippen molar-refractivity contribution in [2.24, 2.45) is 11.8 Å². The predicted molar refractivity (Wildman–Crippen MR) is 90.3 cm³/mol. The third kappa shape index (κ3) is 8.97. The number of piperazine rings is 1. The van der Waals surface area contributed by atoms with E-state index in [1.807, 2.05) is 0 Å². The van der Waals surface area contributed by atoms with Crippen molar-refractivity contribution in [3.05, 3.63) is 0 Å². The number of hydrogen-bond donors (Lipinski definition) is 0. The van der Waals surface area contributed by atoms with Crippen LogP contribution in [0.2, 0.25) is 0 Å². The van der Waals surface area contributed by atoms with Gasteiger partial charge < -0.3 is 9.80 Å². The lowest BCUT2D eigenvalue weighted by atomic mass is 10.1. The van der Waals surface area contributed by atoms with E-state index >= 15 is 0 Å². The molecule has 1 aliphatic heterocycles. The molecule has 1 rings (SSSR count). The molecule has 0 aromatic rings. The van der Waals surface area contributed by atoms with Gasteiger partial charge in [0.05, 0.1) is 0 Å². The highest BCUT2D eigenvalue weighted by molar-refractivity contribution is 4.72. The number of rotatable bonds is 10. The molecule has 120 valence electrons. The molecule has 0 N–H and O–H groups in total. The zero-order chi connectivity index (χ0) is 14.8. The molecule has 2 heteroatoms. The van der Waals surface area contributed by atoms with E-state index < -0.39 is 0 Å². The fraction of sp³-hybridized carbons (Fsp3) is 1.00. The van der Waals surface area contributed by atoms with E-state index in [1.54, 1.807) is 0 Å². The Morgan fingerprint density at radius 3 is 1.25 bits per heavy atom. The number of nitrogens with zero attached hydrogens (tertiary/aromatic N) is 2. The maximum absolute atomic E-state index is 2.67. The van der Waals surface area contributed by atoms with Crippen molar-refractivity contribution in [3.8, 4) is 0 Å². The van der Waals surface area contributed by atoms with Crippen LogP contribution in [-0.2, 0) is 0 Å². The van der Waals surface area contributed by atoms with Gasteiger partial charge in [-0.3, -0.25) is 0 Å². The summed E-state index contributed by atoms with van der Waals surface area (Å²) in [6.07, 6.45) is 8.41. The summed E-state index contributed by atoms with van der Waals surface area (Å²) >= 11 is 0. The Morgan fingerprint density at radius 1 is 0.600 bits per heavy atom. The highest BCUT2D eigenvalue weighted by Crippen LogP contribution is 2.10. The van der Waals surface area contributed by atoms with E-state index in [1.165, 1.54) is 77.8 Å². The molecular formula is C18H38N2. The Morgan fingerprint density at radius 2 is 0.950 bits per heavy atom. The first-order valence-electron chi connectivity index (χ1n) is 9.02. The van der Waals surface area contributed by atoms with Crippen molar-refractivity contribution < 1.29 is 0 Å². The standard InChI is InChI=1S/C18H38N2/c1-17(2)9-5-7-11-19-13-15-20(16-14-19)12-8-6-10-18(3)4/h17-18H,5-16H2,1-4H3. The predicted octanol–water partition coefficient (Wildman–Crippen LogP) is 4.26. The maximum Gasteiger partial charge on any atom is 0.0110 e. The number of hydrogen-bond acceptors (Lipinski definition) is 2. The summed E-state index contributed by atoms with van der Waals surface area (Å²) in [4.78, 5) is 5.34. The monoisotopic (exact) mass is 282 g/mol. The van der Waals surface area contributed by atoms with Gasteiger partial charge >= 0.3 is 0 Å². The molecule has 0 saturated carbocycles. The summed E-state index contributed by atoms with van der Waals surface area (Å²) in [5.74, 6) is 1.75. The molecule has 0 amide bonds. The zero-order valence-electron chi connectivity index (χ0n) is 14.5. The first-order chi connectivity index (χ1) is 9.58. The molecule has 0 aromatic carbocycles. The van der Waals surface area contributed by atoms with E-state index in [2.05, 4.69) is 37.5 Å². The molecule has 1 heterocycles. The Bertz CT molecular complexity index is 193. The third-order valence-electron chi connectivity index (χ3n) is 4.48. The summed E-state index contributed by atoms with van der Waals surface area (Å²) in [5.41, 5.74) is 0. The van der Waals surface area contributed by atoms with Gasteiger partial charge in [-0.1, -0.05) is 53.4 Å². The summed E-state index contributed by atoms with van der Waals surface area (Å²) in [7, 11) is 0. The SMILES string of the molecule is CC(C)CCCCN1CCN(CCCCC(C)C)CC1. The molecule has 0 aliphatic carbocycles. The molecule has 0 spiro atoms. The van der Waals surface area contributed by atoms with Crippen molar-refractivity contribution in [1.82, 2.24) is 9.80 Å². The quantitative estimate of drug-likeness (QED) is 0.553. The average Bonchev–Trinajstić information content (AvgIpc) is 2.41. The Labute approximate surface area is 127 Å². The second-order valence-corrected chi connectivity index (χ2v) is 7.46. The van der Waals surface area contributed by atoms with Gasteiger partial charge in [0.1, 0.15) is 0 Å². The third-order valence-corrected chi connectivity index (χ3v) is 4.48. The summed E-state index contributed by atoms with van der Waals surface area (Å²) in [6.45, 7) is 17.2. The van der Waals surface area contributed by atoms with E-state index in [0.29, 0.717) is 0 Å². The minimum atomic E-state index is 0.873. The van der Waals surface area contributed by atoms with Crippen molar-refractivity contribution in [2.45, 2.75) is 66.2 Å². The van der Waals surface area contributed by atoms with Gasteiger partial charge in [-0.2, -0.15) is 0 Å². The van der Waals surface area contributed by atoms with Crippen LogP contribution in [0, 0.1) is 11.8 Å². The first kappa shape index (κ1) is 18.0. The van der Waals surface area contributed by atoms with Crippen molar-refractivity contribution in [1.29, 1.82) is 0 Å². The van der Waals surface area contributed by atoms with Crippen LogP contribution in [-0.4, -0.2) is 49.1 Å². The largest absolute Gasteiger partial charge is 0.301 e. The Hall–Kier alpha value is -0.0800. The van der Waals surface area contributed by atoms with E-state index in [-0.39, 0.29) is 0 Å². The van der Waals surface area contributed by atoms with Crippen LogP contribution in [0.15, 0.2) is 0 Å². The maximum atomic E-state index is 2.67. The minimum absolute atomic E-state index is 0.873. The molecule has 1 fully saturated rings. The molecule has 0 aromatic heterocycles. The highest BCUT2D eigenvalue weighted by atomic mass is 15.3. The fourth-order valence-electron chi connectivity index (χ4n) is 3.01. The van der Waals surface area contributed by atoms with Crippen LogP contribution >= 0.6 is 0 Å². The second-order valence-electron chi connectivity index (χ2n) is 7.46. The average molecular weight is 283 g/mol. The summed E-state index contributed by atoms with van der Waals surface area (Å²) < 4.78 is 0. The van der Waals surface area contributed by atoms with Gasteiger partial charge in [0.2, 0.25) is 0 Å². The van der Waals surface area contributed by atoms with Crippen LogP contribution in [0.25, 0.3) is 0 Å². The molecule has 0 radical (unpaired) electrons. The smallest absolute Gasteiger partial charge is 0.0110 e. The fourth-order valence-corrected chi connectivity index (χ4v) is 3.01. The van der Waals surface area contributed by atoms with Gasteiger partial charge in [0, 0.05) is 26.2 Å². The van der Waals surface area contributed by atoms with Gasteiger partial charge in [-0.15, -0.1) is 0 Å². The molecule has 1 saturated heterocycles. The number of unbranched alkanes of at least 4 members (excludes halogenated alkanes) is 2. The normalized spacial score (nSPS) is 18.3. The highest BCUT2D eigenvalue weighted by Gasteiger charge is 2.15. The van der Waals surface area contributed by atoms with Crippen LogP contribution < -0.4 is 0 Å². The zero-order valence-corrected chi connectivity index (χ0v) is 14.5. The molecule has 2 nitrogen and oxygen atoms in total. The van der Waals surface area contributed by atoms with E-state index in [9.17, 15) is 0 Å². The molecule has 1 aliphatic rings. The van der Waals surface area contributed by atoms with Gasteiger partial charge in [-0.25, -0.2) is 0 Å². The van der Waals surface area contributed by atoms with Crippen LogP contribution in [0.4, 0.5) is 0 Å². The van der Waals surface area contributed by atoms with E-state index in [0.717, 1.165) is 11.8 Å². The molecular weight excluding hydrogens is 244 g/mol. The first-order valence-corrected chi connectivity index (χ1v) is 9.02. The van der Waals surface area contributed by atoms with Gasteiger partial charge in [0.15, 0.2) is 0 Å². The Kier molecular flexibility index (Phi) is 9.54. The second kappa shape index (κ2) is 10.6. The lowest BCUT2D eigenvalue weighted by molar-refractivity contribution is 0.128. The molecule has 20 heavy (non-hydrogen) atoms. The molecule has 0 unspecified atom stereocenters. The minimum Gasteiger partial charge on any atom is -0.301 e. The van der Waals surface area contributed by atoms with Crippen LogP contribution in [0.1, 0.15) is 66.2 Å². The van der Waals surface area contributed by atoms with Gasteiger partial charge in [0.25, 0.3) is 0 Å². The van der Waals surface area contributed by atoms with Crippen LogP contribution in [0.3, 0.4) is 0 Å². The van der Waals surface area contributed by atoms with Crippen molar-refractivity contribution in [2.75, 3.05) is 39.3 Å². The molecule has 0 atom stereocenters. The summed E-state index contributed by atoms with van der Waals surface area (Å²) in [5, 5.41) is 0.